The van der Waals surface area contributed by atoms with Gasteiger partial charge in [0.05, 0.1) is 11.4 Å². The zero-order valence-corrected chi connectivity index (χ0v) is 22.2. The Bertz CT molecular complexity index is 1030. The van der Waals surface area contributed by atoms with Crippen molar-refractivity contribution < 1.29 is 17.6 Å². The van der Waals surface area contributed by atoms with E-state index in [4.69, 9.17) is 4.42 Å². The summed E-state index contributed by atoms with van der Waals surface area (Å²) in [5.41, 5.74) is 3.09. The van der Waals surface area contributed by atoms with Gasteiger partial charge in [0.1, 0.15) is 11.5 Å². The molecule has 1 aromatic heterocycles. The molecule has 2 aromatic rings. The molecule has 2 rings (SSSR count). The average Bonchev–Trinajstić information content (AvgIpc) is 3.12. The van der Waals surface area contributed by atoms with Crippen LogP contribution < -0.4 is 0 Å². The van der Waals surface area contributed by atoms with E-state index in [0.717, 1.165) is 41.9 Å². The van der Waals surface area contributed by atoms with Crippen LogP contribution in [-0.4, -0.2) is 24.9 Å². The summed E-state index contributed by atoms with van der Waals surface area (Å²) in [5.74, 6) is 0.531. The lowest BCUT2D eigenvalue weighted by atomic mass is 9.92. The molecular formula is C28H41NO4S. The molecule has 0 aliphatic rings. The number of Topliss-reactive ketones (excluding diaryl/α,β-unsaturated/α-hetero) is 1. The van der Waals surface area contributed by atoms with E-state index in [2.05, 4.69) is 25.4 Å². The zero-order chi connectivity index (χ0) is 25.1. The van der Waals surface area contributed by atoms with Crippen LogP contribution in [0.4, 0.5) is 0 Å². The van der Waals surface area contributed by atoms with Crippen LogP contribution in [-0.2, 0) is 20.4 Å². The molecule has 0 aliphatic heterocycles. The van der Waals surface area contributed by atoms with Crippen molar-refractivity contribution in [3.8, 4) is 11.5 Å². The third-order valence-corrected chi connectivity index (χ3v) is 7.79. The van der Waals surface area contributed by atoms with Crippen LogP contribution in [0.2, 0.25) is 0 Å². The highest BCUT2D eigenvalue weighted by atomic mass is 32.2. The summed E-state index contributed by atoms with van der Waals surface area (Å²) < 4.78 is 31.0. The third kappa shape index (κ3) is 9.57. The van der Waals surface area contributed by atoms with Gasteiger partial charge in [0.25, 0.3) is 0 Å². The van der Waals surface area contributed by atoms with Gasteiger partial charge in [-0.1, -0.05) is 82.2 Å². The third-order valence-electron chi connectivity index (χ3n) is 6.31. The lowest BCUT2D eigenvalue weighted by molar-refractivity contribution is -0.116. The minimum Gasteiger partial charge on any atom is -0.441 e. The molecule has 0 saturated heterocycles. The number of rotatable bonds is 16. The Balaban J connectivity index is 1.81. The first kappa shape index (κ1) is 28.0. The zero-order valence-electron chi connectivity index (χ0n) is 21.4. The maximum Gasteiger partial charge on any atom is 0.226 e. The molecule has 0 N–H and O–H groups in total. The minimum atomic E-state index is -3.64. The van der Waals surface area contributed by atoms with E-state index in [1.807, 2.05) is 31.2 Å². The molecule has 1 aromatic carbocycles. The Morgan fingerprint density at radius 1 is 1.06 bits per heavy atom. The smallest absolute Gasteiger partial charge is 0.226 e. The van der Waals surface area contributed by atoms with Crippen molar-refractivity contribution in [2.75, 3.05) is 5.75 Å². The SMILES string of the molecule is C=C(CCCCC(CC)CCCC)CC(=O)CS(=O)(=O)Cc1nc(-c2ccc(C)cc2)oc1C. The Morgan fingerprint density at radius 2 is 1.74 bits per heavy atom. The fourth-order valence-corrected chi connectivity index (χ4v) is 5.54. The monoisotopic (exact) mass is 487 g/mol. The molecule has 188 valence electrons. The van der Waals surface area contributed by atoms with E-state index in [1.54, 1.807) is 6.92 Å². The lowest BCUT2D eigenvalue weighted by Gasteiger charge is -2.14. The molecule has 34 heavy (non-hydrogen) atoms. The summed E-state index contributed by atoms with van der Waals surface area (Å²) in [6.45, 7) is 12.2. The van der Waals surface area contributed by atoms with Crippen molar-refractivity contribution in [3.05, 3.63) is 53.4 Å². The van der Waals surface area contributed by atoms with E-state index in [9.17, 15) is 13.2 Å². The van der Waals surface area contributed by atoms with Gasteiger partial charge in [-0.2, -0.15) is 0 Å². The molecule has 0 spiro atoms. The fourth-order valence-electron chi connectivity index (χ4n) is 4.16. The van der Waals surface area contributed by atoms with Gasteiger partial charge in [0, 0.05) is 12.0 Å². The Kier molecular flexibility index (Phi) is 11.2. The van der Waals surface area contributed by atoms with Gasteiger partial charge in [-0.15, -0.1) is 0 Å². The number of ketones is 1. The van der Waals surface area contributed by atoms with E-state index in [1.165, 1.54) is 32.1 Å². The highest BCUT2D eigenvalue weighted by Gasteiger charge is 2.22. The number of sulfone groups is 1. The molecule has 1 heterocycles. The van der Waals surface area contributed by atoms with Crippen molar-refractivity contribution in [1.82, 2.24) is 4.98 Å². The first-order valence-corrected chi connectivity index (χ1v) is 14.4. The number of carbonyl (C=O) groups is 1. The molecule has 0 aliphatic carbocycles. The molecule has 6 heteroatoms. The van der Waals surface area contributed by atoms with Gasteiger partial charge in [0.15, 0.2) is 15.6 Å². The predicted octanol–water partition coefficient (Wildman–Crippen LogP) is 7.17. The standard InChI is InChI=1S/C28H41NO4S/c1-6-8-12-24(7-2)13-10-9-11-22(4)18-26(30)19-34(31,32)20-27-23(5)33-28(29-27)25-16-14-21(3)15-17-25/h14-17,24H,4,6-13,18-20H2,1-3,5H3. The maximum absolute atomic E-state index is 12.7. The highest BCUT2D eigenvalue weighted by Crippen LogP contribution is 2.24. The van der Waals surface area contributed by atoms with Crippen molar-refractivity contribution in [2.24, 2.45) is 5.92 Å². The summed E-state index contributed by atoms with van der Waals surface area (Å²) in [6.07, 6.45) is 9.28. The van der Waals surface area contributed by atoms with Gasteiger partial charge in [-0.05, 0) is 44.7 Å². The Morgan fingerprint density at radius 3 is 2.38 bits per heavy atom. The molecule has 0 bridgehead atoms. The molecule has 1 unspecified atom stereocenters. The molecule has 0 saturated carbocycles. The van der Waals surface area contributed by atoms with Crippen LogP contribution in [0.25, 0.3) is 11.5 Å². The van der Waals surface area contributed by atoms with Crippen LogP contribution in [0.15, 0.2) is 40.8 Å². The Hall–Kier alpha value is -2.21. The van der Waals surface area contributed by atoms with Crippen LogP contribution in [0.3, 0.4) is 0 Å². The highest BCUT2D eigenvalue weighted by molar-refractivity contribution is 7.91. The van der Waals surface area contributed by atoms with Gasteiger partial charge >= 0.3 is 0 Å². The van der Waals surface area contributed by atoms with Gasteiger partial charge in [-0.3, -0.25) is 4.79 Å². The van der Waals surface area contributed by atoms with Gasteiger partial charge < -0.3 is 4.42 Å². The van der Waals surface area contributed by atoms with Crippen LogP contribution >= 0.6 is 0 Å². The van der Waals surface area contributed by atoms with Crippen molar-refractivity contribution in [2.45, 2.75) is 91.2 Å². The van der Waals surface area contributed by atoms with Crippen LogP contribution in [0.5, 0.6) is 0 Å². The first-order chi connectivity index (χ1) is 16.1. The topological polar surface area (TPSA) is 77.2 Å². The second kappa shape index (κ2) is 13.6. The van der Waals surface area contributed by atoms with E-state index in [-0.39, 0.29) is 18.0 Å². The molecular weight excluding hydrogens is 446 g/mol. The number of aryl methyl sites for hydroxylation is 2. The molecule has 1 atom stereocenters. The average molecular weight is 488 g/mol. The number of aromatic nitrogens is 1. The summed E-state index contributed by atoms with van der Waals surface area (Å²) in [7, 11) is -3.64. The predicted molar refractivity (Wildman–Crippen MR) is 139 cm³/mol. The normalized spacial score (nSPS) is 12.6. The van der Waals surface area contributed by atoms with Crippen LogP contribution in [0, 0.1) is 19.8 Å². The number of oxazole rings is 1. The van der Waals surface area contributed by atoms with Crippen molar-refractivity contribution >= 4 is 15.6 Å². The number of carbonyl (C=O) groups excluding carboxylic acids is 1. The summed E-state index contributed by atoms with van der Waals surface area (Å²) >= 11 is 0. The quantitative estimate of drug-likeness (QED) is 0.185. The number of allylic oxidation sites excluding steroid dienone is 1. The summed E-state index contributed by atoms with van der Waals surface area (Å²) in [4.78, 5) is 16.8. The minimum absolute atomic E-state index is 0.124. The molecule has 0 amide bonds. The second-order valence-electron chi connectivity index (χ2n) is 9.55. The van der Waals surface area contributed by atoms with E-state index >= 15 is 0 Å². The van der Waals surface area contributed by atoms with Crippen LogP contribution in [0.1, 0.15) is 88.7 Å². The van der Waals surface area contributed by atoms with Gasteiger partial charge in [-0.25, -0.2) is 13.4 Å². The Labute approximate surface area is 206 Å². The first-order valence-electron chi connectivity index (χ1n) is 12.6. The number of nitrogens with zero attached hydrogens (tertiary/aromatic N) is 1. The summed E-state index contributed by atoms with van der Waals surface area (Å²) in [5, 5.41) is 0. The lowest BCUT2D eigenvalue weighted by Crippen LogP contribution is -2.18. The maximum atomic E-state index is 12.7. The largest absolute Gasteiger partial charge is 0.441 e. The fraction of sp³-hybridized carbons (Fsp3) is 0.571. The number of benzene rings is 1. The number of hydrogen-bond donors (Lipinski definition) is 0. The van der Waals surface area contributed by atoms with E-state index in [0.29, 0.717) is 17.3 Å². The number of unbranched alkanes of at least 4 members (excludes halogenated alkanes) is 2. The molecule has 5 nitrogen and oxygen atoms in total. The second-order valence-corrected chi connectivity index (χ2v) is 11.6. The molecule has 0 radical (unpaired) electrons. The van der Waals surface area contributed by atoms with E-state index < -0.39 is 15.6 Å². The van der Waals surface area contributed by atoms with Gasteiger partial charge in [0.2, 0.25) is 5.89 Å². The van der Waals surface area contributed by atoms with Crippen molar-refractivity contribution in [1.29, 1.82) is 0 Å². The number of hydrogen-bond acceptors (Lipinski definition) is 5. The summed E-state index contributed by atoms with van der Waals surface area (Å²) in [6, 6.07) is 7.68. The molecule has 0 fully saturated rings. The van der Waals surface area contributed by atoms with Crippen molar-refractivity contribution in [3.63, 3.8) is 0 Å².